The summed E-state index contributed by atoms with van der Waals surface area (Å²) in [4.78, 5) is 14.9. The van der Waals surface area contributed by atoms with Gasteiger partial charge >= 0.3 is 0 Å². The van der Waals surface area contributed by atoms with E-state index in [0.29, 0.717) is 5.56 Å². The standard InChI is InChI=1S/C15H13NO/c1-12-3-2-4-15(16-12)10-9-13-5-7-14(11-17)8-6-13/h2-11H,1H3/b10-9+. The van der Waals surface area contributed by atoms with Gasteiger partial charge in [0.1, 0.15) is 6.29 Å². The van der Waals surface area contributed by atoms with E-state index in [9.17, 15) is 4.79 Å². The molecule has 0 aliphatic rings. The second kappa shape index (κ2) is 5.21. The van der Waals surface area contributed by atoms with Crippen LogP contribution in [0.25, 0.3) is 12.2 Å². The van der Waals surface area contributed by atoms with Gasteiger partial charge in [0, 0.05) is 11.3 Å². The van der Waals surface area contributed by atoms with Crippen molar-refractivity contribution >= 4 is 18.4 Å². The van der Waals surface area contributed by atoms with Gasteiger partial charge in [-0.05, 0) is 30.7 Å². The first kappa shape index (κ1) is 11.3. The van der Waals surface area contributed by atoms with Crippen LogP contribution in [0.4, 0.5) is 0 Å². The highest BCUT2D eigenvalue weighted by Gasteiger charge is 1.91. The van der Waals surface area contributed by atoms with Gasteiger partial charge < -0.3 is 0 Å². The molecule has 0 fully saturated rings. The van der Waals surface area contributed by atoms with Gasteiger partial charge in [-0.2, -0.15) is 0 Å². The summed E-state index contributed by atoms with van der Waals surface area (Å²) in [5.74, 6) is 0. The Labute approximate surface area is 101 Å². The van der Waals surface area contributed by atoms with Crippen molar-refractivity contribution in [1.82, 2.24) is 4.98 Å². The van der Waals surface area contributed by atoms with Crippen LogP contribution in [0.2, 0.25) is 0 Å². The molecule has 0 spiro atoms. The van der Waals surface area contributed by atoms with E-state index >= 15 is 0 Å². The highest BCUT2D eigenvalue weighted by Crippen LogP contribution is 2.08. The number of carbonyl (C=O) groups is 1. The molecule has 1 aromatic carbocycles. The molecule has 2 nitrogen and oxygen atoms in total. The van der Waals surface area contributed by atoms with E-state index in [1.807, 2.05) is 49.4 Å². The lowest BCUT2D eigenvalue weighted by Gasteiger charge is -1.96. The zero-order chi connectivity index (χ0) is 12.1. The number of carbonyl (C=O) groups excluding carboxylic acids is 1. The van der Waals surface area contributed by atoms with Crippen LogP contribution in [-0.4, -0.2) is 11.3 Å². The lowest BCUT2D eigenvalue weighted by atomic mass is 10.1. The zero-order valence-corrected chi connectivity index (χ0v) is 9.63. The minimum absolute atomic E-state index is 0.691. The average molecular weight is 223 g/mol. The highest BCUT2D eigenvalue weighted by atomic mass is 16.1. The van der Waals surface area contributed by atoms with Crippen LogP contribution in [0.3, 0.4) is 0 Å². The number of aromatic nitrogens is 1. The molecule has 0 aliphatic heterocycles. The molecular formula is C15H13NO. The summed E-state index contributed by atoms with van der Waals surface area (Å²) in [6, 6.07) is 13.3. The molecule has 0 saturated heterocycles. The third-order valence-corrected chi connectivity index (χ3v) is 2.43. The largest absolute Gasteiger partial charge is 0.298 e. The van der Waals surface area contributed by atoms with Gasteiger partial charge in [0.05, 0.1) is 5.69 Å². The Balaban J connectivity index is 2.17. The minimum atomic E-state index is 0.691. The van der Waals surface area contributed by atoms with Crippen molar-refractivity contribution in [1.29, 1.82) is 0 Å². The minimum Gasteiger partial charge on any atom is -0.298 e. The summed E-state index contributed by atoms with van der Waals surface area (Å²) in [5, 5.41) is 0. The number of aldehydes is 1. The van der Waals surface area contributed by atoms with E-state index in [1.54, 1.807) is 12.1 Å². The molecule has 0 bridgehead atoms. The van der Waals surface area contributed by atoms with Crippen LogP contribution in [-0.2, 0) is 0 Å². The maximum absolute atomic E-state index is 10.5. The van der Waals surface area contributed by atoms with Crippen molar-refractivity contribution in [3.05, 3.63) is 65.0 Å². The Bertz CT molecular complexity index is 541. The van der Waals surface area contributed by atoms with Gasteiger partial charge in [0.15, 0.2) is 0 Å². The van der Waals surface area contributed by atoms with E-state index < -0.39 is 0 Å². The number of pyridine rings is 1. The molecule has 2 heteroatoms. The first-order valence-corrected chi connectivity index (χ1v) is 5.45. The molecule has 17 heavy (non-hydrogen) atoms. The smallest absolute Gasteiger partial charge is 0.150 e. The Morgan fingerprint density at radius 2 is 1.65 bits per heavy atom. The Morgan fingerprint density at radius 1 is 0.941 bits per heavy atom. The van der Waals surface area contributed by atoms with Gasteiger partial charge in [0.2, 0.25) is 0 Å². The summed E-state index contributed by atoms with van der Waals surface area (Å²) >= 11 is 0. The van der Waals surface area contributed by atoms with E-state index in [1.165, 1.54) is 0 Å². The van der Waals surface area contributed by atoms with Gasteiger partial charge in [-0.25, -0.2) is 0 Å². The van der Waals surface area contributed by atoms with E-state index in [-0.39, 0.29) is 0 Å². The monoisotopic (exact) mass is 223 g/mol. The fraction of sp³-hybridized carbons (Fsp3) is 0.0667. The summed E-state index contributed by atoms with van der Waals surface area (Å²) in [5.41, 5.74) is 3.68. The van der Waals surface area contributed by atoms with Crippen molar-refractivity contribution in [2.24, 2.45) is 0 Å². The maximum Gasteiger partial charge on any atom is 0.150 e. The second-order valence-electron chi connectivity index (χ2n) is 3.82. The molecule has 2 rings (SSSR count). The van der Waals surface area contributed by atoms with E-state index in [4.69, 9.17) is 0 Å². The number of nitrogens with zero attached hydrogens (tertiary/aromatic N) is 1. The van der Waals surface area contributed by atoms with Gasteiger partial charge in [-0.1, -0.05) is 36.4 Å². The van der Waals surface area contributed by atoms with Crippen LogP contribution in [0.15, 0.2) is 42.5 Å². The SMILES string of the molecule is Cc1cccc(/C=C/c2ccc(C=O)cc2)n1. The first-order chi connectivity index (χ1) is 8.28. The lowest BCUT2D eigenvalue weighted by molar-refractivity contribution is 0.112. The summed E-state index contributed by atoms with van der Waals surface area (Å²) in [6.07, 6.45) is 4.79. The molecule has 0 unspecified atom stereocenters. The molecule has 0 N–H and O–H groups in total. The van der Waals surface area contributed by atoms with Crippen LogP contribution in [0, 0.1) is 6.92 Å². The zero-order valence-electron chi connectivity index (χ0n) is 9.63. The number of hydrogen-bond donors (Lipinski definition) is 0. The predicted molar refractivity (Wildman–Crippen MR) is 69.7 cm³/mol. The Hall–Kier alpha value is -2.22. The molecule has 1 heterocycles. The summed E-state index contributed by atoms with van der Waals surface area (Å²) in [7, 11) is 0. The molecule has 0 atom stereocenters. The molecular weight excluding hydrogens is 210 g/mol. The Morgan fingerprint density at radius 3 is 2.29 bits per heavy atom. The maximum atomic E-state index is 10.5. The number of benzene rings is 1. The summed E-state index contributed by atoms with van der Waals surface area (Å²) in [6.45, 7) is 1.97. The van der Waals surface area contributed by atoms with Crippen LogP contribution in [0.5, 0.6) is 0 Å². The fourth-order valence-electron chi connectivity index (χ4n) is 1.52. The molecule has 2 aromatic rings. The van der Waals surface area contributed by atoms with Crippen molar-refractivity contribution in [2.45, 2.75) is 6.92 Å². The molecule has 1 aromatic heterocycles. The summed E-state index contributed by atoms with van der Waals surface area (Å²) < 4.78 is 0. The normalized spacial score (nSPS) is 10.6. The first-order valence-electron chi connectivity index (χ1n) is 5.45. The van der Waals surface area contributed by atoms with E-state index in [0.717, 1.165) is 23.2 Å². The van der Waals surface area contributed by atoms with Gasteiger partial charge in [-0.3, -0.25) is 9.78 Å². The highest BCUT2D eigenvalue weighted by molar-refractivity contribution is 5.76. The van der Waals surface area contributed by atoms with Crippen molar-refractivity contribution in [3.63, 3.8) is 0 Å². The third-order valence-electron chi connectivity index (χ3n) is 2.43. The van der Waals surface area contributed by atoms with Crippen molar-refractivity contribution in [2.75, 3.05) is 0 Å². The molecule has 0 amide bonds. The molecule has 0 saturated carbocycles. The van der Waals surface area contributed by atoms with Gasteiger partial charge in [-0.15, -0.1) is 0 Å². The van der Waals surface area contributed by atoms with Crippen LogP contribution < -0.4 is 0 Å². The lowest BCUT2D eigenvalue weighted by Crippen LogP contribution is -1.83. The van der Waals surface area contributed by atoms with Gasteiger partial charge in [0.25, 0.3) is 0 Å². The van der Waals surface area contributed by atoms with Crippen LogP contribution >= 0.6 is 0 Å². The predicted octanol–water partition coefficient (Wildman–Crippen LogP) is 3.37. The number of rotatable bonds is 3. The number of hydrogen-bond acceptors (Lipinski definition) is 2. The molecule has 84 valence electrons. The van der Waals surface area contributed by atoms with Crippen LogP contribution in [0.1, 0.15) is 27.3 Å². The molecule has 0 aliphatic carbocycles. The topological polar surface area (TPSA) is 30.0 Å². The quantitative estimate of drug-likeness (QED) is 0.747. The van der Waals surface area contributed by atoms with E-state index in [2.05, 4.69) is 4.98 Å². The second-order valence-corrected chi connectivity index (χ2v) is 3.82. The fourth-order valence-corrected chi connectivity index (χ4v) is 1.52. The molecule has 0 radical (unpaired) electrons. The third kappa shape index (κ3) is 3.11. The van der Waals surface area contributed by atoms with Crippen molar-refractivity contribution < 1.29 is 4.79 Å². The number of aryl methyl sites for hydroxylation is 1. The Kier molecular flexibility index (Phi) is 3.46. The average Bonchev–Trinajstić information content (AvgIpc) is 2.37. The van der Waals surface area contributed by atoms with Crippen molar-refractivity contribution in [3.8, 4) is 0 Å².